The second-order valence-corrected chi connectivity index (χ2v) is 4.38. The minimum absolute atomic E-state index is 0.0626. The van der Waals surface area contributed by atoms with Crippen molar-refractivity contribution in [3.05, 3.63) is 64.2 Å². The molecule has 0 aliphatic carbocycles. The van der Waals surface area contributed by atoms with Crippen molar-refractivity contribution in [1.29, 1.82) is 0 Å². The molecule has 0 aliphatic heterocycles. The van der Waals surface area contributed by atoms with E-state index in [2.05, 4.69) is 0 Å². The average molecular weight is 272 g/mol. The molecule has 1 atom stereocenters. The highest BCUT2D eigenvalue weighted by Gasteiger charge is 2.17. The Bertz CT molecular complexity index is 614. The van der Waals surface area contributed by atoms with Crippen LogP contribution in [0.2, 0.25) is 0 Å². The number of para-hydroxylation sites is 3. The van der Waals surface area contributed by atoms with Crippen LogP contribution in [0.3, 0.4) is 0 Å². The van der Waals surface area contributed by atoms with Crippen molar-refractivity contribution < 1.29 is 9.66 Å². The summed E-state index contributed by atoms with van der Waals surface area (Å²) >= 11 is 0. The molecule has 2 aromatic rings. The second kappa shape index (κ2) is 6.16. The number of nitrogens with zero attached hydrogens (tertiary/aromatic N) is 1. The van der Waals surface area contributed by atoms with Crippen LogP contribution in [0.1, 0.15) is 24.9 Å². The van der Waals surface area contributed by atoms with Crippen molar-refractivity contribution in [2.75, 3.05) is 0 Å². The maximum atomic E-state index is 11.0. The molecule has 0 aliphatic rings. The summed E-state index contributed by atoms with van der Waals surface area (Å²) in [6, 6.07) is 13.5. The maximum absolute atomic E-state index is 11.0. The van der Waals surface area contributed by atoms with Gasteiger partial charge in [-0.05, 0) is 18.6 Å². The molecule has 0 radical (unpaired) electrons. The van der Waals surface area contributed by atoms with E-state index < -0.39 is 4.92 Å². The standard InChI is InChI=1S/C15H16N2O3/c1-2-12(16)11-7-3-5-9-14(11)20-15-10-6-4-8-13(15)17(18)19/h3-10,12H,2,16H2,1H3/t12-/m0/s1. The van der Waals surface area contributed by atoms with E-state index in [9.17, 15) is 10.1 Å². The lowest BCUT2D eigenvalue weighted by molar-refractivity contribution is -0.385. The Labute approximate surface area is 117 Å². The average Bonchev–Trinajstić information content (AvgIpc) is 2.47. The predicted octanol–water partition coefficient (Wildman–Crippen LogP) is 3.80. The molecule has 104 valence electrons. The van der Waals surface area contributed by atoms with E-state index in [0.717, 1.165) is 12.0 Å². The molecule has 0 bridgehead atoms. The molecule has 0 amide bonds. The molecule has 0 unspecified atom stereocenters. The van der Waals surface area contributed by atoms with Crippen LogP contribution in [-0.4, -0.2) is 4.92 Å². The summed E-state index contributed by atoms with van der Waals surface area (Å²) in [4.78, 5) is 10.5. The van der Waals surface area contributed by atoms with Gasteiger partial charge in [0.1, 0.15) is 5.75 Å². The zero-order valence-corrected chi connectivity index (χ0v) is 11.2. The summed E-state index contributed by atoms with van der Waals surface area (Å²) in [5.41, 5.74) is 6.81. The lowest BCUT2D eigenvalue weighted by Crippen LogP contribution is -2.09. The van der Waals surface area contributed by atoms with Gasteiger partial charge in [0, 0.05) is 17.7 Å². The number of nitro groups is 1. The largest absolute Gasteiger partial charge is 0.450 e. The van der Waals surface area contributed by atoms with Crippen molar-refractivity contribution >= 4 is 5.69 Å². The number of nitro benzene ring substituents is 1. The molecule has 5 nitrogen and oxygen atoms in total. The van der Waals surface area contributed by atoms with Gasteiger partial charge < -0.3 is 10.5 Å². The third-order valence-corrected chi connectivity index (χ3v) is 3.04. The summed E-state index contributed by atoms with van der Waals surface area (Å²) in [5, 5.41) is 11.0. The zero-order valence-electron chi connectivity index (χ0n) is 11.2. The molecular weight excluding hydrogens is 256 g/mol. The molecule has 2 N–H and O–H groups in total. The Morgan fingerprint density at radius 2 is 1.75 bits per heavy atom. The van der Waals surface area contributed by atoms with Gasteiger partial charge >= 0.3 is 5.69 Å². The summed E-state index contributed by atoms with van der Waals surface area (Å²) in [5.74, 6) is 0.768. The Morgan fingerprint density at radius 1 is 1.15 bits per heavy atom. The monoisotopic (exact) mass is 272 g/mol. The van der Waals surface area contributed by atoms with E-state index in [-0.39, 0.29) is 17.5 Å². The van der Waals surface area contributed by atoms with Crippen LogP contribution < -0.4 is 10.5 Å². The van der Waals surface area contributed by atoms with Crippen LogP contribution in [0.4, 0.5) is 5.69 Å². The fourth-order valence-electron chi connectivity index (χ4n) is 1.91. The molecular formula is C15H16N2O3. The van der Waals surface area contributed by atoms with Crippen LogP contribution >= 0.6 is 0 Å². The molecule has 0 saturated heterocycles. The lowest BCUT2D eigenvalue weighted by atomic mass is 10.0. The van der Waals surface area contributed by atoms with Gasteiger partial charge in [-0.2, -0.15) is 0 Å². The van der Waals surface area contributed by atoms with Gasteiger partial charge in [-0.3, -0.25) is 10.1 Å². The summed E-state index contributed by atoms with van der Waals surface area (Å²) in [7, 11) is 0. The van der Waals surface area contributed by atoms with E-state index in [1.54, 1.807) is 24.3 Å². The maximum Gasteiger partial charge on any atom is 0.311 e. The molecule has 0 spiro atoms. The van der Waals surface area contributed by atoms with E-state index in [0.29, 0.717) is 5.75 Å². The molecule has 0 saturated carbocycles. The Kier molecular flexibility index (Phi) is 4.32. The van der Waals surface area contributed by atoms with E-state index >= 15 is 0 Å². The van der Waals surface area contributed by atoms with Gasteiger partial charge in [-0.15, -0.1) is 0 Å². The highest BCUT2D eigenvalue weighted by molar-refractivity contribution is 5.49. The zero-order chi connectivity index (χ0) is 14.5. The first kappa shape index (κ1) is 14.0. The highest BCUT2D eigenvalue weighted by Crippen LogP contribution is 2.34. The molecule has 20 heavy (non-hydrogen) atoms. The van der Waals surface area contributed by atoms with E-state index in [1.807, 2.05) is 25.1 Å². The SMILES string of the molecule is CC[C@H](N)c1ccccc1Oc1ccccc1[N+](=O)[O-]. The number of benzene rings is 2. The van der Waals surface area contributed by atoms with Gasteiger partial charge in [0.15, 0.2) is 0 Å². The molecule has 2 aromatic carbocycles. The number of rotatable bonds is 5. The van der Waals surface area contributed by atoms with Crippen molar-refractivity contribution in [2.24, 2.45) is 5.73 Å². The molecule has 2 rings (SSSR count). The van der Waals surface area contributed by atoms with Gasteiger partial charge in [0.05, 0.1) is 4.92 Å². The normalized spacial score (nSPS) is 11.9. The van der Waals surface area contributed by atoms with Gasteiger partial charge in [0.25, 0.3) is 0 Å². The minimum atomic E-state index is -0.461. The first-order valence-corrected chi connectivity index (χ1v) is 6.39. The van der Waals surface area contributed by atoms with Gasteiger partial charge in [-0.1, -0.05) is 37.3 Å². The van der Waals surface area contributed by atoms with Crippen molar-refractivity contribution in [2.45, 2.75) is 19.4 Å². The summed E-state index contributed by atoms with van der Waals surface area (Å²) in [6.45, 7) is 1.98. The molecule has 0 aromatic heterocycles. The number of hydrogen-bond donors (Lipinski definition) is 1. The fourth-order valence-corrected chi connectivity index (χ4v) is 1.91. The van der Waals surface area contributed by atoms with Crippen LogP contribution in [0, 0.1) is 10.1 Å². The van der Waals surface area contributed by atoms with Crippen LogP contribution in [-0.2, 0) is 0 Å². The van der Waals surface area contributed by atoms with Crippen molar-refractivity contribution in [1.82, 2.24) is 0 Å². The first-order valence-electron chi connectivity index (χ1n) is 6.39. The van der Waals surface area contributed by atoms with Crippen molar-refractivity contribution in [3.8, 4) is 11.5 Å². The topological polar surface area (TPSA) is 78.4 Å². The summed E-state index contributed by atoms with van der Waals surface area (Å²) < 4.78 is 5.70. The highest BCUT2D eigenvalue weighted by atomic mass is 16.6. The van der Waals surface area contributed by atoms with Gasteiger partial charge in [0.2, 0.25) is 5.75 Å². The number of nitrogens with two attached hydrogens (primary N) is 1. The lowest BCUT2D eigenvalue weighted by Gasteiger charge is -2.15. The Balaban J connectivity index is 2.38. The van der Waals surface area contributed by atoms with Crippen molar-refractivity contribution in [3.63, 3.8) is 0 Å². The Morgan fingerprint density at radius 3 is 2.40 bits per heavy atom. The van der Waals surface area contributed by atoms with E-state index in [1.165, 1.54) is 6.07 Å². The Hall–Kier alpha value is -2.40. The first-order chi connectivity index (χ1) is 9.63. The van der Waals surface area contributed by atoms with Crippen LogP contribution in [0.15, 0.2) is 48.5 Å². The van der Waals surface area contributed by atoms with Gasteiger partial charge in [-0.25, -0.2) is 0 Å². The smallest absolute Gasteiger partial charge is 0.311 e. The molecule has 5 heteroatoms. The third-order valence-electron chi connectivity index (χ3n) is 3.04. The molecule has 0 heterocycles. The van der Waals surface area contributed by atoms with Crippen LogP contribution in [0.5, 0.6) is 11.5 Å². The third kappa shape index (κ3) is 2.95. The minimum Gasteiger partial charge on any atom is -0.450 e. The second-order valence-electron chi connectivity index (χ2n) is 4.38. The van der Waals surface area contributed by atoms with Crippen LogP contribution in [0.25, 0.3) is 0 Å². The predicted molar refractivity (Wildman–Crippen MR) is 76.8 cm³/mol. The molecule has 0 fully saturated rings. The summed E-state index contributed by atoms with van der Waals surface area (Å²) in [6.07, 6.45) is 0.761. The van der Waals surface area contributed by atoms with E-state index in [4.69, 9.17) is 10.5 Å². The quantitative estimate of drug-likeness (QED) is 0.663. The number of ether oxygens (including phenoxy) is 1. The number of hydrogen-bond acceptors (Lipinski definition) is 4. The fraction of sp³-hybridized carbons (Fsp3) is 0.200.